The summed E-state index contributed by atoms with van der Waals surface area (Å²) in [4.78, 5) is 22.3. The molecule has 0 radical (unpaired) electrons. The molecule has 1 aromatic carbocycles. The number of thioether (sulfide) groups is 1. The Bertz CT molecular complexity index is 697. The number of carbonyl (C=O) groups is 2. The quantitative estimate of drug-likeness (QED) is 0.560. The number of carbonyl (C=O) groups excluding carboxylic acids is 2. The van der Waals surface area contributed by atoms with E-state index in [0.29, 0.717) is 11.0 Å². The van der Waals surface area contributed by atoms with Crippen molar-refractivity contribution in [3.63, 3.8) is 0 Å². The molecule has 0 unspecified atom stereocenters. The van der Waals surface area contributed by atoms with Crippen molar-refractivity contribution in [2.45, 2.75) is 24.3 Å². The van der Waals surface area contributed by atoms with Crippen molar-refractivity contribution in [1.29, 1.82) is 0 Å². The van der Waals surface area contributed by atoms with E-state index < -0.39 is 17.2 Å². The molecule has 1 atom stereocenters. The Kier molecular flexibility index (Phi) is 4.66. The first-order valence-electron chi connectivity index (χ1n) is 6.43. The summed E-state index contributed by atoms with van der Waals surface area (Å²) in [6.07, 6.45) is 0. The van der Waals surface area contributed by atoms with Crippen LogP contribution in [-0.2, 0) is 4.79 Å². The lowest BCUT2D eigenvalue weighted by molar-refractivity contribution is -0.119. The summed E-state index contributed by atoms with van der Waals surface area (Å²) in [5.41, 5.74) is 6.85. The Morgan fingerprint density at radius 3 is 2.50 bits per heavy atom. The van der Waals surface area contributed by atoms with E-state index in [1.54, 1.807) is 6.92 Å². The summed E-state index contributed by atoms with van der Waals surface area (Å²) in [5, 5.41) is 9.78. The number of nitrogens with two attached hydrogens (primary N) is 2. The Balaban J connectivity index is 2.16. The lowest BCUT2D eigenvalue weighted by Crippen LogP contribution is -2.39. The number of nitrogens with zero attached hydrogens (tertiary/aromatic N) is 3. The number of hydrogen-bond donors (Lipinski definition) is 3. The maximum Gasteiger partial charge on any atom is 0.318 e. The second-order valence-electron chi connectivity index (χ2n) is 4.66. The highest BCUT2D eigenvalue weighted by atomic mass is 32.2. The van der Waals surface area contributed by atoms with Crippen LogP contribution in [0.2, 0.25) is 0 Å². The van der Waals surface area contributed by atoms with Gasteiger partial charge in [0.25, 0.3) is 0 Å². The van der Waals surface area contributed by atoms with Crippen molar-refractivity contribution in [1.82, 2.24) is 20.2 Å². The number of imide groups is 1. The van der Waals surface area contributed by atoms with Gasteiger partial charge >= 0.3 is 6.03 Å². The predicted octanol–water partition coefficient (Wildman–Crippen LogP) is 0.643. The molecule has 1 heterocycles. The van der Waals surface area contributed by atoms with Gasteiger partial charge in [0.15, 0.2) is 5.82 Å². The third-order valence-electron chi connectivity index (χ3n) is 2.87. The zero-order chi connectivity index (χ0) is 16.3. The zero-order valence-electron chi connectivity index (χ0n) is 12.1. The zero-order valence-corrected chi connectivity index (χ0v) is 12.9. The molecule has 0 spiro atoms. The summed E-state index contributed by atoms with van der Waals surface area (Å²) in [6, 6.07) is 6.77. The normalized spacial score (nSPS) is 11.9. The molecule has 1 aromatic heterocycles. The number of aromatic nitrogens is 3. The highest BCUT2D eigenvalue weighted by Crippen LogP contribution is 2.24. The van der Waals surface area contributed by atoms with Gasteiger partial charge in [-0.25, -0.2) is 9.47 Å². The Morgan fingerprint density at radius 1 is 1.27 bits per heavy atom. The predicted molar refractivity (Wildman–Crippen MR) is 83.4 cm³/mol. The van der Waals surface area contributed by atoms with E-state index in [4.69, 9.17) is 11.6 Å². The van der Waals surface area contributed by atoms with E-state index >= 15 is 0 Å². The van der Waals surface area contributed by atoms with Crippen LogP contribution in [0.25, 0.3) is 11.4 Å². The minimum atomic E-state index is -0.896. The number of benzene rings is 1. The minimum absolute atomic E-state index is 0.364. The monoisotopic (exact) mass is 320 g/mol. The molecule has 0 bridgehead atoms. The largest absolute Gasteiger partial charge is 0.351 e. The average Bonchev–Trinajstić information content (AvgIpc) is 2.80. The van der Waals surface area contributed by atoms with Crippen molar-refractivity contribution in [2.75, 3.05) is 5.84 Å². The van der Waals surface area contributed by atoms with Crippen LogP contribution in [0.15, 0.2) is 29.4 Å². The fourth-order valence-corrected chi connectivity index (χ4v) is 2.46. The van der Waals surface area contributed by atoms with Crippen molar-refractivity contribution in [3.8, 4) is 11.4 Å². The molecule has 2 rings (SSSR count). The van der Waals surface area contributed by atoms with Crippen LogP contribution in [-0.4, -0.2) is 32.1 Å². The first-order valence-corrected chi connectivity index (χ1v) is 7.31. The van der Waals surface area contributed by atoms with Gasteiger partial charge in [-0.2, -0.15) is 0 Å². The first kappa shape index (κ1) is 15.8. The molecular weight excluding hydrogens is 304 g/mol. The van der Waals surface area contributed by atoms with Gasteiger partial charge in [-0.1, -0.05) is 41.6 Å². The lowest BCUT2D eigenvalue weighted by Gasteiger charge is -2.09. The first-order chi connectivity index (χ1) is 10.4. The van der Waals surface area contributed by atoms with Crippen LogP contribution in [0.4, 0.5) is 4.79 Å². The number of nitrogen functional groups attached to an aromatic ring is 1. The van der Waals surface area contributed by atoms with E-state index in [1.165, 1.54) is 4.68 Å². The van der Waals surface area contributed by atoms with Crippen LogP contribution in [0.1, 0.15) is 12.5 Å². The maximum absolute atomic E-state index is 11.7. The fourth-order valence-electron chi connectivity index (χ4n) is 1.69. The van der Waals surface area contributed by atoms with Gasteiger partial charge in [-0.05, 0) is 13.8 Å². The van der Waals surface area contributed by atoms with Crippen LogP contribution < -0.4 is 16.9 Å². The van der Waals surface area contributed by atoms with E-state index in [0.717, 1.165) is 22.9 Å². The molecule has 22 heavy (non-hydrogen) atoms. The molecule has 0 aliphatic carbocycles. The van der Waals surface area contributed by atoms with Gasteiger partial charge in [0.05, 0.1) is 5.25 Å². The van der Waals surface area contributed by atoms with Gasteiger partial charge in [0.1, 0.15) is 0 Å². The molecule has 0 saturated carbocycles. The fraction of sp³-hybridized carbons (Fsp3) is 0.231. The number of primary amides is 1. The Morgan fingerprint density at radius 2 is 1.91 bits per heavy atom. The number of amides is 3. The topological polar surface area (TPSA) is 129 Å². The highest BCUT2D eigenvalue weighted by Gasteiger charge is 2.20. The molecule has 0 saturated heterocycles. The highest BCUT2D eigenvalue weighted by molar-refractivity contribution is 8.00. The Hall–Kier alpha value is -2.55. The summed E-state index contributed by atoms with van der Waals surface area (Å²) in [5.74, 6) is 5.95. The van der Waals surface area contributed by atoms with Crippen LogP contribution in [0, 0.1) is 6.92 Å². The molecule has 8 nitrogen and oxygen atoms in total. The molecule has 0 aliphatic heterocycles. The van der Waals surface area contributed by atoms with Gasteiger partial charge in [-0.15, -0.1) is 10.2 Å². The summed E-state index contributed by atoms with van der Waals surface area (Å²) in [6.45, 7) is 3.60. The smallest absolute Gasteiger partial charge is 0.318 e. The third kappa shape index (κ3) is 3.55. The molecule has 5 N–H and O–H groups in total. The second kappa shape index (κ2) is 6.48. The van der Waals surface area contributed by atoms with Gasteiger partial charge in [0, 0.05) is 5.56 Å². The number of aryl methyl sites for hydroxylation is 1. The Labute approximate surface area is 131 Å². The average molecular weight is 320 g/mol. The molecule has 3 amide bonds. The minimum Gasteiger partial charge on any atom is -0.351 e. The second-order valence-corrected chi connectivity index (χ2v) is 5.96. The summed E-state index contributed by atoms with van der Waals surface area (Å²) in [7, 11) is 0. The van der Waals surface area contributed by atoms with Crippen molar-refractivity contribution in [3.05, 3.63) is 29.8 Å². The van der Waals surface area contributed by atoms with Gasteiger partial charge < -0.3 is 11.6 Å². The molecule has 9 heteroatoms. The van der Waals surface area contributed by atoms with E-state index in [9.17, 15) is 9.59 Å². The van der Waals surface area contributed by atoms with Gasteiger partial charge in [0.2, 0.25) is 11.1 Å². The van der Waals surface area contributed by atoms with Crippen molar-refractivity contribution >= 4 is 23.7 Å². The summed E-state index contributed by atoms with van der Waals surface area (Å²) >= 11 is 1.08. The van der Waals surface area contributed by atoms with Crippen LogP contribution in [0.3, 0.4) is 0 Å². The third-order valence-corrected chi connectivity index (χ3v) is 3.93. The molecule has 116 valence electrons. The summed E-state index contributed by atoms with van der Waals surface area (Å²) < 4.78 is 1.31. The molecular formula is C13H16N6O2S. The number of nitrogens with one attached hydrogen (secondary N) is 1. The van der Waals surface area contributed by atoms with Crippen LogP contribution in [0.5, 0.6) is 0 Å². The molecule has 2 aromatic rings. The van der Waals surface area contributed by atoms with E-state index in [2.05, 4.69) is 10.2 Å². The van der Waals surface area contributed by atoms with E-state index in [-0.39, 0.29) is 0 Å². The lowest BCUT2D eigenvalue weighted by atomic mass is 10.1. The SMILES string of the molecule is Cc1ccc(-c2nnc(S[C@H](C)C(=O)NC(N)=O)n2N)cc1. The molecule has 0 aliphatic rings. The number of urea groups is 1. The van der Waals surface area contributed by atoms with Gasteiger partial charge in [-0.3, -0.25) is 10.1 Å². The number of rotatable bonds is 4. The van der Waals surface area contributed by atoms with Crippen molar-refractivity contribution < 1.29 is 9.59 Å². The molecule has 0 fully saturated rings. The standard InChI is InChI=1S/C13H16N6O2S/c1-7-3-5-9(6-4-7)10-17-18-13(19(10)15)22-8(2)11(20)16-12(14)21/h3-6,8H,15H2,1-2H3,(H3,14,16,20,21)/t8-/m1/s1. The van der Waals surface area contributed by atoms with Crippen LogP contribution >= 0.6 is 11.8 Å². The van der Waals surface area contributed by atoms with E-state index in [1.807, 2.05) is 36.5 Å². The number of hydrogen-bond acceptors (Lipinski definition) is 6. The van der Waals surface area contributed by atoms with Crippen molar-refractivity contribution in [2.24, 2.45) is 5.73 Å². The maximum atomic E-state index is 11.7.